The maximum atomic E-state index is 11.3. The quantitative estimate of drug-likeness (QED) is 0.682. The number of nitrogens with one attached hydrogen (secondary N) is 2. The summed E-state index contributed by atoms with van der Waals surface area (Å²) in [5, 5.41) is 6.51. The van der Waals surface area contributed by atoms with E-state index in [1.54, 1.807) is 12.3 Å². The Hall–Kier alpha value is -1.62. The van der Waals surface area contributed by atoms with E-state index in [9.17, 15) is 4.79 Å². The second-order valence-electron chi connectivity index (χ2n) is 4.05. The second-order valence-corrected chi connectivity index (χ2v) is 4.05. The molecule has 16 heavy (non-hydrogen) atoms. The lowest BCUT2D eigenvalue weighted by molar-refractivity contribution is 0.1000. The number of aromatic nitrogens is 1. The van der Waals surface area contributed by atoms with Gasteiger partial charge in [0.25, 0.3) is 5.91 Å². The van der Waals surface area contributed by atoms with Crippen LogP contribution < -0.4 is 16.4 Å². The molecule has 1 aliphatic rings. The topological polar surface area (TPSA) is 80.0 Å². The van der Waals surface area contributed by atoms with Gasteiger partial charge in [-0.2, -0.15) is 0 Å². The van der Waals surface area contributed by atoms with Crippen molar-refractivity contribution >= 4 is 11.7 Å². The van der Waals surface area contributed by atoms with Crippen molar-refractivity contribution < 1.29 is 4.79 Å². The number of carbonyl (C=O) groups is 1. The van der Waals surface area contributed by atoms with Crippen molar-refractivity contribution in [2.24, 2.45) is 5.73 Å². The lowest BCUT2D eigenvalue weighted by Gasteiger charge is -2.15. The standard InChI is InChI=1S/C11H16N4O/c1-7-2-5-14-11(9(7)10(12)16)15-8-3-4-13-6-8/h2,5,8,13H,3-4,6H2,1H3,(H2,12,16)(H,14,15). The Bertz CT molecular complexity index is 399. The van der Waals surface area contributed by atoms with Gasteiger partial charge in [-0.1, -0.05) is 0 Å². The minimum atomic E-state index is -0.431. The van der Waals surface area contributed by atoms with Crippen LogP contribution in [0.4, 0.5) is 5.82 Å². The average molecular weight is 220 g/mol. The SMILES string of the molecule is Cc1ccnc(NC2CCNC2)c1C(N)=O. The largest absolute Gasteiger partial charge is 0.365 e. The predicted octanol–water partition coefficient (Wildman–Crippen LogP) is 0.263. The maximum absolute atomic E-state index is 11.3. The second kappa shape index (κ2) is 4.49. The molecule has 0 bridgehead atoms. The van der Waals surface area contributed by atoms with Gasteiger partial charge in [-0.3, -0.25) is 4.79 Å². The first-order valence-corrected chi connectivity index (χ1v) is 5.41. The number of rotatable bonds is 3. The van der Waals surface area contributed by atoms with Crippen molar-refractivity contribution in [3.8, 4) is 0 Å². The molecule has 5 nitrogen and oxygen atoms in total. The fourth-order valence-electron chi connectivity index (χ4n) is 1.95. The molecule has 2 rings (SSSR count). The van der Waals surface area contributed by atoms with Gasteiger partial charge < -0.3 is 16.4 Å². The van der Waals surface area contributed by atoms with E-state index in [2.05, 4.69) is 15.6 Å². The zero-order valence-corrected chi connectivity index (χ0v) is 9.29. The van der Waals surface area contributed by atoms with Gasteiger partial charge in [0, 0.05) is 18.8 Å². The van der Waals surface area contributed by atoms with Gasteiger partial charge in [-0.25, -0.2) is 4.98 Å². The lowest BCUT2D eigenvalue weighted by atomic mass is 10.1. The van der Waals surface area contributed by atoms with Crippen LogP contribution in [0.3, 0.4) is 0 Å². The summed E-state index contributed by atoms with van der Waals surface area (Å²) < 4.78 is 0. The van der Waals surface area contributed by atoms with E-state index in [4.69, 9.17) is 5.73 Å². The zero-order chi connectivity index (χ0) is 11.5. The third-order valence-corrected chi connectivity index (χ3v) is 2.81. The summed E-state index contributed by atoms with van der Waals surface area (Å²) in [6, 6.07) is 2.12. The molecular formula is C11H16N4O. The van der Waals surface area contributed by atoms with Crippen molar-refractivity contribution in [1.29, 1.82) is 0 Å². The van der Waals surface area contributed by atoms with Crippen LogP contribution in [0, 0.1) is 6.92 Å². The number of anilines is 1. The van der Waals surface area contributed by atoms with Crippen molar-refractivity contribution in [1.82, 2.24) is 10.3 Å². The number of primary amides is 1. The Balaban J connectivity index is 2.25. The van der Waals surface area contributed by atoms with E-state index in [-0.39, 0.29) is 0 Å². The molecule has 0 spiro atoms. The van der Waals surface area contributed by atoms with Gasteiger partial charge in [0.05, 0.1) is 5.56 Å². The molecule has 0 aromatic carbocycles. The first kappa shape index (κ1) is 10.9. The Labute approximate surface area is 94.4 Å². The number of hydrogen-bond acceptors (Lipinski definition) is 4. The minimum absolute atomic E-state index is 0.326. The van der Waals surface area contributed by atoms with E-state index in [1.165, 1.54) is 0 Å². The summed E-state index contributed by atoms with van der Waals surface area (Å²) in [5.74, 6) is 0.167. The van der Waals surface area contributed by atoms with Crippen LogP contribution >= 0.6 is 0 Å². The van der Waals surface area contributed by atoms with Gasteiger partial charge in [0.1, 0.15) is 5.82 Å². The lowest BCUT2D eigenvalue weighted by Crippen LogP contribution is -2.25. The number of nitrogens with zero attached hydrogens (tertiary/aromatic N) is 1. The molecule has 1 fully saturated rings. The minimum Gasteiger partial charge on any atom is -0.365 e. The highest BCUT2D eigenvalue weighted by Crippen LogP contribution is 2.17. The van der Waals surface area contributed by atoms with Gasteiger partial charge in [-0.15, -0.1) is 0 Å². The van der Waals surface area contributed by atoms with Crippen LogP contribution in [0.1, 0.15) is 22.3 Å². The summed E-state index contributed by atoms with van der Waals surface area (Å²) in [6.07, 6.45) is 2.72. The van der Waals surface area contributed by atoms with Gasteiger partial charge in [-0.05, 0) is 31.5 Å². The number of pyridine rings is 1. The Morgan fingerprint density at radius 1 is 1.69 bits per heavy atom. The summed E-state index contributed by atoms with van der Waals surface area (Å²) in [7, 11) is 0. The van der Waals surface area contributed by atoms with Crippen LogP contribution in [0.25, 0.3) is 0 Å². The number of aryl methyl sites for hydroxylation is 1. The van der Waals surface area contributed by atoms with Crippen LogP contribution in [0.5, 0.6) is 0 Å². The molecule has 0 radical (unpaired) electrons. The predicted molar refractivity (Wildman–Crippen MR) is 62.4 cm³/mol. The van der Waals surface area contributed by atoms with Crippen LogP contribution in [-0.4, -0.2) is 30.0 Å². The number of amides is 1. The van der Waals surface area contributed by atoms with Crippen molar-refractivity contribution in [2.45, 2.75) is 19.4 Å². The molecule has 1 aromatic rings. The molecule has 1 aromatic heterocycles. The summed E-state index contributed by atoms with van der Waals surface area (Å²) in [4.78, 5) is 15.5. The zero-order valence-electron chi connectivity index (χ0n) is 9.29. The highest BCUT2D eigenvalue weighted by atomic mass is 16.1. The third kappa shape index (κ3) is 2.14. The van der Waals surface area contributed by atoms with Gasteiger partial charge in [0.2, 0.25) is 0 Å². The van der Waals surface area contributed by atoms with E-state index in [1.807, 2.05) is 6.92 Å². The third-order valence-electron chi connectivity index (χ3n) is 2.81. The fourth-order valence-corrected chi connectivity index (χ4v) is 1.95. The normalized spacial score (nSPS) is 19.7. The molecule has 5 heteroatoms. The molecule has 1 saturated heterocycles. The molecule has 1 amide bonds. The molecule has 1 aliphatic heterocycles. The molecule has 4 N–H and O–H groups in total. The Kier molecular flexibility index (Phi) is 3.05. The highest BCUT2D eigenvalue weighted by Gasteiger charge is 2.18. The Morgan fingerprint density at radius 2 is 2.50 bits per heavy atom. The molecule has 0 saturated carbocycles. The van der Waals surface area contributed by atoms with Crippen molar-refractivity contribution in [2.75, 3.05) is 18.4 Å². The molecule has 1 unspecified atom stereocenters. The van der Waals surface area contributed by atoms with Crippen LogP contribution in [-0.2, 0) is 0 Å². The Morgan fingerprint density at radius 3 is 3.12 bits per heavy atom. The smallest absolute Gasteiger partial charge is 0.252 e. The monoisotopic (exact) mass is 220 g/mol. The van der Waals surface area contributed by atoms with Gasteiger partial charge in [0.15, 0.2) is 0 Å². The molecule has 86 valence electrons. The van der Waals surface area contributed by atoms with E-state index in [0.717, 1.165) is 25.1 Å². The summed E-state index contributed by atoms with van der Waals surface area (Å²) in [6.45, 7) is 3.75. The molecular weight excluding hydrogens is 204 g/mol. The van der Waals surface area contributed by atoms with Crippen LogP contribution in [0.2, 0.25) is 0 Å². The molecule has 0 aliphatic carbocycles. The summed E-state index contributed by atoms with van der Waals surface area (Å²) >= 11 is 0. The van der Waals surface area contributed by atoms with E-state index >= 15 is 0 Å². The average Bonchev–Trinajstić information content (AvgIpc) is 2.70. The van der Waals surface area contributed by atoms with Crippen molar-refractivity contribution in [3.63, 3.8) is 0 Å². The van der Waals surface area contributed by atoms with Gasteiger partial charge >= 0.3 is 0 Å². The van der Waals surface area contributed by atoms with E-state index < -0.39 is 5.91 Å². The summed E-state index contributed by atoms with van der Waals surface area (Å²) in [5.41, 5.74) is 6.71. The fraction of sp³-hybridized carbons (Fsp3) is 0.455. The molecule has 1 atom stereocenters. The number of carbonyl (C=O) groups excluding carboxylic acids is 1. The van der Waals surface area contributed by atoms with Crippen LogP contribution in [0.15, 0.2) is 12.3 Å². The number of nitrogens with two attached hydrogens (primary N) is 1. The first-order chi connectivity index (χ1) is 7.68. The first-order valence-electron chi connectivity index (χ1n) is 5.41. The molecule has 2 heterocycles. The highest BCUT2D eigenvalue weighted by molar-refractivity contribution is 5.99. The van der Waals surface area contributed by atoms with E-state index in [0.29, 0.717) is 17.4 Å². The van der Waals surface area contributed by atoms with Crippen molar-refractivity contribution in [3.05, 3.63) is 23.4 Å². The number of hydrogen-bond donors (Lipinski definition) is 3. The maximum Gasteiger partial charge on any atom is 0.252 e.